The predicted octanol–water partition coefficient (Wildman–Crippen LogP) is 3.30. The maximum absolute atomic E-state index is 13.4. The molecule has 0 bridgehead atoms. The van der Waals surface area contributed by atoms with E-state index in [1.54, 1.807) is 0 Å². The average molecular weight is 264 g/mol. The van der Waals surface area contributed by atoms with E-state index >= 15 is 0 Å². The van der Waals surface area contributed by atoms with Gasteiger partial charge in [0.15, 0.2) is 0 Å². The van der Waals surface area contributed by atoms with Crippen LogP contribution in [0.2, 0.25) is 0 Å². The topological polar surface area (TPSA) is 29.3 Å². The Morgan fingerprint density at radius 1 is 1.32 bits per heavy atom. The SMILES string of the molecule is CCC1(C)CCN(Cc2ccc(F)c(CN)c2)CC1. The van der Waals surface area contributed by atoms with Gasteiger partial charge in [-0.2, -0.15) is 0 Å². The number of hydrogen-bond acceptors (Lipinski definition) is 2. The zero-order valence-corrected chi connectivity index (χ0v) is 12.1. The van der Waals surface area contributed by atoms with E-state index in [1.165, 1.54) is 30.9 Å². The molecule has 1 fully saturated rings. The van der Waals surface area contributed by atoms with Crippen molar-refractivity contribution in [3.8, 4) is 0 Å². The maximum Gasteiger partial charge on any atom is 0.127 e. The summed E-state index contributed by atoms with van der Waals surface area (Å²) < 4.78 is 13.4. The second-order valence-corrected chi connectivity index (χ2v) is 6.07. The van der Waals surface area contributed by atoms with Gasteiger partial charge in [0.25, 0.3) is 0 Å². The first-order chi connectivity index (χ1) is 9.06. The van der Waals surface area contributed by atoms with Crippen LogP contribution in [0.1, 0.15) is 44.2 Å². The summed E-state index contributed by atoms with van der Waals surface area (Å²) in [7, 11) is 0. The molecule has 0 spiro atoms. The van der Waals surface area contributed by atoms with E-state index in [-0.39, 0.29) is 12.4 Å². The molecule has 0 radical (unpaired) electrons. The lowest BCUT2D eigenvalue weighted by molar-refractivity contribution is 0.109. The number of rotatable bonds is 4. The molecular weight excluding hydrogens is 239 g/mol. The van der Waals surface area contributed by atoms with Crippen LogP contribution in [0, 0.1) is 11.2 Å². The Labute approximate surface area is 115 Å². The number of piperidine rings is 1. The van der Waals surface area contributed by atoms with Crippen LogP contribution in [0.4, 0.5) is 4.39 Å². The maximum atomic E-state index is 13.4. The third kappa shape index (κ3) is 3.54. The first-order valence-electron chi connectivity index (χ1n) is 7.26. The Morgan fingerprint density at radius 2 is 2.00 bits per heavy atom. The zero-order chi connectivity index (χ0) is 13.9. The van der Waals surface area contributed by atoms with E-state index in [0.29, 0.717) is 11.0 Å². The van der Waals surface area contributed by atoms with Crippen LogP contribution in [-0.4, -0.2) is 18.0 Å². The van der Waals surface area contributed by atoms with E-state index in [1.807, 2.05) is 12.1 Å². The van der Waals surface area contributed by atoms with Gasteiger partial charge in [-0.25, -0.2) is 4.39 Å². The van der Waals surface area contributed by atoms with Crippen molar-refractivity contribution >= 4 is 0 Å². The molecule has 106 valence electrons. The molecule has 2 nitrogen and oxygen atoms in total. The molecule has 0 unspecified atom stereocenters. The molecule has 1 aromatic carbocycles. The normalized spacial score (nSPS) is 19.6. The Morgan fingerprint density at radius 3 is 2.58 bits per heavy atom. The Hall–Kier alpha value is -0.930. The first kappa shape index (κ1) is 14.5. The fraction of sp³-hybridized carbons (Fsp3) is 0.625. The van der Waals surface area contributed by atoms with Gasteiger partial charge in [0.2, 0.25) is 0 Å². The van der Waals surface area contributed by atoms with Crippen LogP contribution in [0.3, 0.4) is 0 Å². The summed E-state index contributed by atoms with van der Waals surface area (Å²) in [5.74, 6) is -0.191. The molecule has 1 aliphatic heterocycles. The zero-order valence-electron chi connectivity index (χ0n) is 12.1. The van der Waals surface area contributed by atoms with Gasteiger partial charge in [-0.15, -0.1) is 0 Å². The Bertz CT molecular complexity index is 423. The molecule has 1 heterocycles. The standard InChI is InChI=1S/C16H25FN2/c1-3-16(2)6-8-19(9-7-16)12-13-4-5-15(17)14(10-13)11-18/h4-5,10H,3,6-9,11-12,18H2,1-2H3. The number of halogens is 1. The molecule has 0 saturated carbocycles. The van der Waals surface area contributed by atoms with Crippen molar-refractivity contribution in [3.05, 3.63) is 35.1 Å². The van der Waals surface area contributed by atoms with Crippen molar-refractivity contribution in [2.75, 3.05) is 13.1 Å². The summed E-state index contributed by atoms with van der Waals surface area (Å²) in [4.78, 5) is 2.46. The van der Waals surface area contributed by atoms with Crippen molar-refractivity contribution in [2.24, 2.45) is 11.1 Å². The van der Waals surface area contributed by atoms with Crippen molar-refractivity contribution in [2.45, 2.75) is 46.2 Å². The second kappa shape index (κ2) is 6.02. The molecular formula is C16H25FN2. The van der Waals surface area contributed by atoms with Crippen molar-refractivity contribution in [1.29, 1.82) is 0 Å². The number of nitrogens with zero attached hydrogens (tertiary/aromatic N) is 1. The first-order valence-corrected chi connectivity index (χ1v) is 7.26. The lowest BCUT2D eigenvalue weighted by Gasteiger charge is -2.39. The number of benzene rings is 1. The fourth-order valence-corrected chi connectivity index (χ4v) is 2.75. The van der Waals surface area contributed by atoms with E-state index < -0.39 is 0 Å². The largest absolute Gasteiger partial charge is 0.326 e. The minimum absolute atomic E-state index is 0.191. The third-order valence-electron chi connectivity index (χ3n) is 4.65. The molecule has 2 N–H and O–H groups in total. The Kier molecular flexibility index (Phi) is 4.58. The quantitative estimate of drug-likeness (QED) is 0.904. The number of likely N-dealkylation sites (tertiary alicyclic amines) is 1. The highest BCUT2D eigenvalue weighted by Crippen LogP contribution is 2.34. The Balaban J connectivity index is 1.96. The summed E-state index contributed by atoms with van der Waals surface area (Å²) in [5, 5.41) is 0. The van der Waals surface area contributed by atoms with Crippen LogP contribution < -0.4 is 5.73 Å². The van der Waals surface area contributed by atoms with Crippen LogP contribution in [0.15, 0.2) is 18.2 Å². The molecule has 0 amide bonds. The lowest BCUT2D eigenvalue weighted by atomic mass is 9.78. The predicted molar refractivity (Wildman–Crippen MR) is 77.2 cm³/mol. The van der Waals surface area contributed by atoms with Gasteiger partial charge in [0.05, 0.1) is 0 Å². The van der Waals surface area contributed by atoms with Crippen LogP contribution >= 0.6 is 0 Å². The van der Waals surface area contributed by atoms with Crippen LogP contribution in [0.25, 0.3) is 0 Å². The molecule has 1 aromatic rings. The molecule has 0 aliphatic carbocycles. The van der Waals surface area contributed by atoms with Crippen LogP contribution in [0.5, 0.6) is 0 Å². The summed E-state index contributed by atoms with van der Waals surface area (Å²) in [5.41, 5.74) is 7.86. The molecule has 3 heteroatoms. The molecule has 2 rings (SSSR count). The van der Waals surface area contributed by atoms with E-state index in [4.69, 9.17) is 5.73 Å². The summed E-state index contributed by atoms with van der Waals surface area (Å²) in [6, 6.07) is 5.32. The molecule has 0 atom stereocenters. The van der Waals surface area contributed by atoms with E-state index in [9.17, 15) is 4.39 Å². The van der Waals surface area contributed by atoms with Gasteiger partial charge in [-0.3, -0.25) is 4.90 Å². The van der Waals surface area contributed by atoms with Gasteiger partial charge in [-0.1, -0.05) is 32.4 Å². The average Bonchev–Trinajstić information content (AvgIpc) is 2.43. The highest BCUT2D eigenvalue weighted by atomic mass is 19.1. The highest BCUT2D eigenvalue weighted by Gasteiger charge is 2.28. The van der Waals surface area contributed by atoms with Crippen molar-refractivity contribution in [3.63, 3.8) is 0 Å². The minimum Gasteiger partial charge on any atom is -0.326 e. The molecule has 1 aliphatic rings. The van der Waals surface area contributed by atoms with Gasteiger partial charge in [0, 0.05) is 18.7 Å². The number of hydrogen-bond donors (Lipinski definition) is 1. The van der Waals surface area contributed by atoms with Gasteiger partial charge in [0.1, 0.15) is 5.82 Å². The van der Waals surface area contributed by atoms with Crippen molar-refractivity contribution in [1.82, 2.24) is 4.90 Å². The van der Waals surface area contributed by atoms with Gasteiger partial charge >= 0.3 is 0 Å². The van der Waals surface area contributed by atoms with E-state index in [2.05, 4.69) is 18.7 Å². The molecule has 1 saturated heterocycles. The van der Waals surface area contributed by atoms with E-state index in [0.717, 1.165) is 19.6 Å². The van der Waals surface area contributed by atoms with Gasteiger partial charge in [-0.05, 0) is 43.0 Å². The third-order valence-corrected chi connectivity index (χ3v) is 4.65. The van der Waals surface area contributed by atoms with Crippen LogP contribution in [-0.2, 0) is 13.1 Å². The lowest BCUT2D eigenvalue weighted by Crippen LogP contribution is -2.37. The summed E-state index contributed by atoms with van der Waals surface area (Å²) >= 11 is 0. The smallest absolute Gasteiger partial charge is 0.127 e. The summed E-state index contributed by atoms with van der Waals surface area (Å²) in [6.07, 6.45) is 3.78. The number of nitrogens with two attached hydrogens (primary N) is 1. The monoisotopic (exact) mass is 264 g/mol. The minimum atomic E-state index is -0.191. The highest BCUT2D eigenvalue weighted by molar-refractivity contribution is 5.25. The molecule has 0 aromatic heterocycles. The summed E-state index contributed by atoms with van der Waals surface area (Å²) in [6.45, 7) is 8.12. The fourth-order valence-electron chi connectivity index (χ4n) is 2.75. The van der Waals surface area contributed by atoms with Crippen molar-refractivity contribution < 1.29 is 4.39 Å². The molecule has 19 heavy (non-hydrogen) atoms. The van der Waals surface area contributed by atoms with Gasteiger partial charge < -0.3 is 5.73 Å². The second-order valence-electron chi connectivity index (χ2n) is 6.07.